The lowest BCUT2D eigenvalue weighted by Crippen LogP contribution is -2.41. The fourth-order valence-corrected chi connectivity index (χ4v) is 5.13. The van der Waals surface area contributed by atoms with Crippen LogP contribution in [0.1, 0.15) is 84.1 Å². The smallest absolute Gasteiger partial charge is 0.424 e. The molecule has 0 saturated carbocycles. The van der Waals surface area contributed by atoms with Crippen LogP contribution in [0.3, 0.4) is 0 Å². The van der Waals surface area contributed by atoms with Crippen molar-refractivity contribution >= 4 is 30.3 Å². The SMILES string of the molecule is CC(C)Cc1ccc(C(C)C(=O)NC(C)C(OC(=O)Oc2ccc([N+](=O)[O-])cc2)c2ccc(B3OC(C)(C)C(C)(C)O3)cc2)cc1. The standard InChI is InChI=1S/C35H43BN2O8/c1-22(2)21-25-9-11-26(12-10-25)23(3)32(39)37-24(4)31(44-33(40)43-30-19-17-29(18-20-30)38(41)42)27-13-15-28(16-14-27)36-45-34(5,6)35(7,8)46-36/h9-20,22-24,31H,21H2,1-8H3,(H,37,39). The van der Waals surface area contributed by atoms with Crippen molar-refractivity contribution in [2.75, 3.05) is 0 Å². The Balaban J connectivity index is 1.52. The first-order chi connectivity index (χ1) is 21.6. The van der Waals surface area contributed by atoms with Gasteiger partial charge in [-0.2, -0.15) is 0 Å². The van der Waals surface area contributed by atoms with E-state index in [4.69, 9.17) is 18.8 Å². The molecule has 1 heterocycles. The molecule has 0 radical (unpaired) electrons. The largest absolute Gasteiger partial charge is 0.514 e. The van der Waals surface area contributed by atoms with Crippen LogP contribution < -0.4 is 15.5 Å². The number of benzene rings is 3. The highest BCUT2D eigenvalue weighted by molar-refractivity contribution is 6.62. The summed E-state index contributed by atoms with van der Waals surface area (Å²) in [5.41, 5.74) is 2.34. The van der Waals surface area contributed by atoms with Gasteiger partial charge in [-0.1, -0.05) is 62.4 Å². The van der Waals surface area contributed by atoms with Gasteiger partial charge in [-0.25, -0.2) is 4.79 Å². The van der Waals surface area contributed by atoms with Gasteiger partial charge in [-0.15, -0.1) is 0 Å². The molecular formula is C35H43BN2O8. The maximum Gasteiger partial charge on any atom is 0.514 e. The number of carbonyl (C=O) groups is 2. The molecule has 3 aromatic rings. The van der Waals surface area contributed by atoms with Crippen LogP contribution in [0.2, 0.25) is 0 Å². The molecule has 3 unspecified atom stereocenters. The number of ether oxygens (including phenoxy) is 2. The second-order valence-electron chi connectivity index (χ2n) is 13.3. The minimum atomic E-state index is -1.02. The van der Waals surface area contributed by atoms with E-state index in [9.17, 15) is 19.7 Å². The van der Waals surface area contributed by atoms with Gasteiger partial charge in [0.1, 0.15) is 5.75 Å². The number of nitrogens with zero attached hydrogens (tertiary/aromatic N) is 1. The zero-order valence-electron chi connectivity index (χ0n) is 27.7. The van der Waals surface area contributed by atoms with E-state index < -0.39 is 47.5 Å². The third-order valence-electron chi connectivity index (χ3n) is 8.60. The van der Waals surface area contributed by atoms with Crippen LogP contribution in [0.4, 0.5) is 10.5 Å². The predicted octanol–water partition coefficient (Wildman–Crippen LogP) is 6.66. The van der Waals surface area contributed by atoms with E-state index >= 15 is 0 Å². The van der Waals surface area contributed by atoms with E-state index in [-0.39, 0.29) is 17.3 Å². The number of hydrogen-bond donors (Lipinski definition) is 1. The lowest BCUT2D eigenvalue weighted by atomic mass is 9.78. The number of rotatable bonds is 11. The zero-order chi connectivity index (χ0) is 33.8. The van der Waals surface area contributed by atoms with Crippen LogP contribution in [-0.4, -0.2) is 41.3 Å². The molecule has 0 bridgehead atoms. The molecule has 1 saturated heterocycles. The van der Waals surface area contributed by atoms with Gasteiger partial charge in [0.15, 0.2) is 6.10 Å². The summed E-state index contributed by atoms with van der Waals surface area (Å²) in [5, 5.41) is 14.0. The molecule has 1 fully saturated rings. The molecular weight excluding hydrogens is 587 g/mol. The third kappa shape index (κ3) is 8.33. The maximum absolute atomic E-state index is 13.4. The molecule has 3 aromatic carbocycles. The van der Waals surface area contributed by atoms with Gasteiger partial charge in [-0.3, -0.25) is 14.9 Å². The van der Waals surface area contributed by atoms with Gasteiger partial charge < -0.3 is 24.1 Å². The highest BCUT2D eigenvalue weighted by atomic mass is 16.7. The number of nitro benzene ring substituents is 1. The van der Waals surface area contributed by atoms with Crippen molar-refractivity contribution in [3.05, 3.63) is 99.6 Å². The summed E-state index contributed by atoms with van der Waals surface area (Å²) >= 11 is 0. The van der Waals surface area contributed by atoms with Gasteiger partial charge in [0.25, 0.3) is 5.69 Å². The Bertz CT molecular complexity index is 1510. The lowest BCUT2D eigenvalue weighted by molar-refractivity contribution is -0.384. The molecule has 0 aliphatic carbocycles. The van der Waals surface area contributed by atoms with Gasteiger partial charge in [0, 0.05) is 12.1 Å². The van der Waals surface area contributed by atoms with Gasteiger partial charge in [-0.05, 0) is 88.2 Å². The molecule has 3 atom stereocenters. The molecule has 244 valence electrons. The van der Waals surface area contributed by atoms with Gasteiger partial charge >= 0.3 is 13.3 Å². The zero-order valence-corrected chi connectivity index (χ0v) is 27.7. The summed E-state index contributed by atoms with van der Waals surface area (Å²) in [6.45, 7) is 15.8. The predicted molar refractivity (Wildman–Crippen MR) is 176 cm³/mol. The molecule has 11 heteroatoms. The average Bonchev–Trinajstić information content (AvgIpc) is 3.22. The Morgan fingerprint density at radius 3 is 1.91 bits per heavy atom. The number of amides is 1. The molecule has 1 N–H and O–H groups in total. The van der Waals surface area contributed by atoms with E-state index in [1.165, 1.54) is 29.8 Å². The van der Waals surface area contributed by atoms with E-state index in [0.717, 1.165) is 17.4 Å². The van der Waals surface area contributed by atoms with Crippen LogP contribution in [0.15, 0.2) is 72.8 Å². The quantitative estimate of drug-likeness (QED) is 0.0820. The molecule has 1 aliphatic heterocycles. The van der Waals surface area contributed by atoms with Crippen molar-refractivity contribution in [2.45, 2.75) is 91.1 Å². The first-order valence-electron chi connectivity index (χ1n) is 15.5. The summed E-state index contributed by atoms with van der Waals surface area (Å²) < 4.78 is 23.4. The third-order valence-corrected chi connectivity index (χ3v) is 8.60. The van der Waals surface area contributed by atoms with Crippen molar-refractivity contribution in [3.63, 3.8) is 0 Å². The Hall–Kier alpha value is -4.22. The topological polar surface area (TPSA) is 126 Å². The Labute approximate surface area is 271 Å². The number of hydrogen-bond acceptors (Lipinski definition) is 8. The molecule has 4 rings (SSSR count). The first kappa shape index (κ1) is 34.7. The maximum atomic E-state index is 13.4. The monoisotopic (exact) mass is 630 g/mol. The van der Waals surface area contributed by atoms with Crippen molar-refractivity contribution in [2.24, 2.45) is 5.92 Å². The molecule has 46 heavy (non-hydrogen) atoms. The first-order valence-corrected chi connectivity index (χ1v) is 15.5. The number of nitro groups is 1. The van der Waals surface area contributed by atoms with E-state index in [0.29, 0.717) is 11.5 Å². The normalized spacial score (nSPS) is 17.2. The molecule has 0 aromatic heterocycles. The summed E-state index contributed by atoms with van der Waals surface area (Å²) in [6.07, 6.45) is -0.994. The lowest BCUT2D eigenvalue weighted by Gasteiger charge is -2.32. The minimum Gasteiger partial charge on any atom is -0.424 e. The van der Waals surface area contributed by atoms with E-state index in [1.54, 1.807) is 19.1 Å². The summed E-state index contributed by atoms with van der Waals surface area (Å²) in [4.78, 5) is 36.8. The van der Waals surface area contributed by atoms with Gasteiger partial charge in [0.05, 0.1) is 28.1 Å². The van der Waals surface area contributed by atoms with E-state index in [1.807, 2.05) is 71.0 Å². The summed E-state index contributed by atoms with van der Waals surface area (Å²) in [5.74, 6) is -0.0663. The molecule has 1 amide bonds. The highest BCUT2D eigenvalue weighted by Crippen LogP contribution is 2.36. The molecule has 10 nitrogen and oxygen atoms in total. The second kappa shape index (κ2) is 14.0. The van der Waals surface area contributed by atoms with Crippen molar-refractivity contribution < 1.29 is 33.3 Å². The number of nitrogens with one attached hydrogen (secondary N) is 1. The number of non-ortho nitro benzene ring substituents is 1. The van der Waals surface area contributed by atoms with Crippen LogP contribution in [0.25, 0.3) is 0 Å². The highest BCUT2D eigenvalue weighted by Gasteiger charge is 2.51. The van der Waals surface area contributed by atoms with Crippen LogP contribution >= 0.6 is 0 Å². The summed E-state index contributed by atoms with van der Waals surface area (Å²) in [7, 11) is -0.574. The fraction of sp³-hybridized carbons (Fsp3) is 0.429. The Morgan fingerprint density at radius 1 is 0.848 bits per heavy atom. The van der Waals surface area contributed by atoms with Crippen molar-refractivity contribution in [1.29, 1.82) is 0 Å². The summed E-state index contributed by atoms with van der Waals surface area (Å²) in [6, 6.07) is 19.7. The number of carbonyl (C=O) groups excluding carboxylic acids is 2. The second-order valence-corrected chi connectivity index (χ2v) is 13.3. The van der Waals surface area contributed by atoms with Crippen molar-refractivity contribution in [1.82, 2.24) is 5.32 Å². The minimum absolute atomic E-state index is 0.0803. The van der Waals surface area contributed by atoms with Crippen molar-refractivity contribution in [3.8, 4) is 5.75 Å². The van der Waals surface area contributed by atoms with E-state index in [2.05, 4.69) is 19.2 Å². The van der Waals surface area contributed by atoms with Gasteiger partial charge in [0.2, 0.25) is 5.91 Å². The Morgan fingerprint density at radius 2 is 1.39 bits per heavy atom. The fourth-order valence-electron chi connectivity index (χ4n) is 5.13. The molecule has 1 aliphatic rings. The molecule has 0 spiro atoms. The van der Waals surface area contributed by atoms with Crippen LogP contribution in [0.5, 0.6) is 5.75 Å². The average molecular weight is 631 g/mol. The van der Waals surface area contributed by atoms with Crippen LogP contribution in [-0.2, 0) is 25.3 Å². The van der Waals surface area contributed by atoms with Crippen LogP contribution in [0, 0.1) is 16.0 Å². The Kier molecular flexibility index (Phi) is 10.6.